The van der Waals surface area contributed by atoms with E-state index in [0.717, 1.165) is 0 Å². The Kier molecular flexibility index (Phi) is 7.27. The number of aromatic hydroxyl groups is 1. The molecule has 1 aromatic carbocycles. The molecular formula is C29H37N5O8. The highest BCUT2D eigenvalue weighted by Crippen LogP contribution is 2.52. The summed E-state index contributed by atoms with van der Waals surface area (Å²) >= 11 is 0. The number of anilines is 1. The van der Waals surface area contributed by atoms with Crippen LogP contribution in [0.1, 0.15) is 32.7 Å². The number of phenols is 1. The summed E-state index contributed by atoms with van der Waals surface area (Å²) in [6, 6.07) is 0.383. The van der Waals surface area contributed by atoms with E-state index in [1.165, 1.54) is 19.0 Å². The Morgan fingerprint density at radius 2 is 1.64 bits per heavy atom. The Morgan fingerprint density at radius 1 is 1.02 bits per heavy atom. The van der Waals surface area contributed by atoms with Crippen molar-refractivity contribution in [2.24, 2.45) is 29.4 Å². The van der Waals surface area contributed by atoms with E-state index in [4.69, 9.17) is 5.73 Å². The fraction of sp³-hybridized carbons (Fsp3) is 0.586. The molecule has 42 heavy (non-hydrogen) atoms. The first-order valence-corrected chi connectivity index (χ1v) is 14.0. The second-order valence-electron chi connectivity index (χ2n) is 12.4. The van der Waals surface area contributed by atoms with Gasteiger partial charge in [-0.1, -0.05) is 0 Å². The lowest BCUT2D eigenvalue weighted by Gasteiger charge is -2.52. The van der Waals surface area contributed by atoms with Crippen molar-refractivity contribution in [3.8, 4) is 5.75 Å². The van der Waals surface area contributed by atoms with Crippen LogP contribution in [0.3, 0.4) is 0 Å². The number of phenolic OH excluding ortho intramolecular Hbond substituents is 1. The molecule has 4 N–H and O–H groups in total. The summed E-state index contributed by atoms with van der Waals surface area (Å²) in [7, 11) is 8.49. The third kappa shape index (κ3) is 4.16. The average molecular weight is 584 g/mol. The Labute approximate surface area is 243 Å². The molecule has 1 heterocycles. The van der Waals surface area contributed by atoms with Crippen molar-refractivity contribution in [2.75, 3.05) is 66.3 Å². The molecule has 5 rings (SSSR count). The molecule has 2 unspecified atom stereocenters. The monoisotopic (exact) mass is 583 g/mol. The Balaban J connectivity index is 1.62. The summed E-state index contributed by atoms with van der Waals surface area (Å²) in [5.41, 5.74) is 3.28. The molecule has 6 atom stereocenters. The molecule has 13 nitrogen and oxygen atoms in total. The van der Waals surface area contributed by atoms with Crippen LogP contribution in [-0.4, -0.2) is 133 Å². The first kappa shape index (κ1) is 29.8. The Hall–Kier alpha value is -3.68. The van der Waals surface area contributed by atoms with Gasteiger partial charge in [-0.3, -0.25) is 33.7 Å². The van der Waals surface area contributed by atoms with E-state index < -0.39 is 76.0 Å². The molecule has 2 amide bonds. The quantitative estimate of drug-likeness (QED) is 0.344. The summed E-state index contributed by atoms with van der Waals surface area (Å²) in [5.74, 6) is -11.8. The molecule has 0 bridgehead atoms. The van der Waals surface area contributed by atoms with Gasteiger partial charge in [0.2, 0.25) is 5.91 Å². The topological polar surface area (TPSA) is 182 Å². The van der Waals surface area contributed by atoms with Crippen LogP contribution in [0.25, 0.3) is 0 Å². The van der Waals surface area contributed by atoms with Crippen LogP contribution >= 0.6 is 0 Å². The van der Waals surface area contributed by atoms with Gasteiger partial charge in [-0.25, -0.2) is 0 Å². The lowest BCUT2D eigenvalue weighted by molar-refractivity contribution is -0.181. The number of ketones is 4. The molecule has 1 aliphatic heterocycles. The van der Waals surface area contributed by atoms with Crippen LogP contribution in [0.5, 0.6) is 5.75 Å². The van der Waals surface area contributed by atoms with E-state index in [2.05, 4.69) is 4.90 Å². The molecule has 1 aromatic rings. The molecular weight excluding hydrogens is 546 g/mol. The van der Waals surface area contributed by atoms with Gasteiger partial charge in [-0.05, 0) is 51.5 Å². The van der Waals surface area contributed by atoms with Crippen LogP contribution in [0.15, 0.2) is 6.07 Å². The smallest absolute Gasteiger partial charge is 0.257 e. The fourth-order valence-corrected chi connectivity index (χ4v) is 7.39. The number of carbonyl (C=O) groups is 6. The third-order valence-corrected chi connectivity index (χ3v) is 9.54. The number of amides is 2. The van der Waals surface area contributed by atoms with Crippen LogP contribution in [0.2, 0.25) is 0 Å². The number of fused-ring (bicyclic) bond motifs is 3. The van der Waals surface area contributed by atoms with Crippen LogP contribution in [-0.2, 0) is 25.6 Å². The predicted molar refractivity (Wildman–Crippen MR) is 149 cm³/mol. The molecule has 0 radical (unpaired) electrons. The van der Waals surface area contributed by atoms with Crippen LogP contribution < -0.4 is 10.6 Å². The molecule has 226 valence electrons. The van der Waals surface area contributed by atoms with E-state index in [0.29, 0.717) is 37.4 Å². The number of piperazine rings is 1. The van der Waals surface area contributed by atoms with Crippen molar-refractivity contribution >= 4 is 40.6 Å². The number of likely N-dealkylation sites (N-methyl/N-ethyl adjacent to an activating group) is 2. The highest BCUT2D eigenvalue weighted by molar-refractivity contribution is 6.32. The van der Waals surface area contributed by atoms with E-state index in [1.807, 2.05) is 7.05 Å². The number of primary amides is 1. The molecule has 0 aromatic heterocycles. The maximum atomic E-state index is 14.1. The molecule has 3 aliphatic carbocycles. The second-order valence-corrected chi connectivity index (χ2v) is 12.4. The standard InChI is InChI=1S/C29H37N5O8/c1-31(2)17-12-15(28(41)34-8-6-33(5)7-9-34)22(35)19-14(17)10-13-11-16-21(32(3)4)24(37)20(27(30)40)26(39)29(16,42)25(38)18(13)23(19)36/h12-13,16,18,20-21,35,42H,6-11H2,1-5H3,(H2,30,40)/t13-,16-,18?,20?,21-,29-/m0/s1. The largest absolute Gasteiger partial charge is 0.506 e. The highest BCUT2D eigenvalue weighted by Gasteiger charge is 2.69. The lowest BCUT2D eigenvalue weighted by atomic mass is 9.52. The van der Waals surface area contributed by atoms with Gasteiger partial charge in [0.15, 0.2) is 34.7 Å². The van der Waals surface area contributed by atoms with Gasteiger partial charge in [0, 0.05) is 51.9 Å². The zero-order valence-electron chi connectivity index (χ0n) is 24.4. The number of Topliss-reactive ketones (excluding diaryl/α,β-unsaturated/α-hetero) is 4. The maximum absolute atomic E-state index is 14.1. The number of carbonyl (C=O) groups excluding carboxylic acids is 6. The number of rotatable bonds is 4. The summed E-state index contributed by atoms with van der Waals surface area (Å²) in [6.45, 7) is 2.16. The second kappa shape index (κ2) is 10.2. The summed E-state index contributed by atoms with van der Waals surface area (Å²) < 4.78 is 0. The molecule has 1 saturated heterocycles. The molecule has 2 saturated carbocycles. The van der Waals surface area contributed by atoms with Gasteiger partial charge in [-0.15, -0.1) is 0 Å². The van der Waals surface area contributed by atoms with Crippen molar-refractivity contribution in [3.63, 3.8) is 0 Å². The molecule has 13 heteroatoms. The summed E-state index contributed by atoms with van der Waals surface area (Å²) in [4.78, 5) is 87.5. The number of nitrogens with two attached hydrogens (primary N) is 1. The number of aliphatic hydroxyl groups is 1. The number of nitrogens with zero attached hydrogens (tertiary/aromatic N) is 4. The average Bonchev–Trinajstić information content (AvgIpc) is 2.90. The van der Waals surface area contributed by atoms with E-state index in [9.17, 15) is 39.0 Å². The lowest BCUT2D eigenvalue weighted by Crippen LogP contribution is -2.74. The first-order valence-electron chi connectivity index (χ1n) is 14.0. The first-order chi connectivity index (χ1) is 19.6. The zero-order chi connectivity index (χ0) is 31.0. The minimum absolute atomic E-state index is 0.0422. The SMILES string of the molecule is CN1CCN(C(=O)c2cc(N(C)C)c3c(c2O)C(=O)C2C(=O)[C@]4(O)C(=O)C(C(N)=O)C(=O)[C@@H](N(C)C)[C@@H]4C[C@@H]2C3)CC1. The van der Waals surface area contributed by atoms with Gasteiger partial charge in [-0.2, -0.15) is 0 Å². The minimum Gasteiger partial charge on any atom is -0.506 e. The Bertz CT molecular complexity index is 1410. The fourth-order valence-electron chi connectivity index (χ4n) is 7.39. The van der Waals surface area contributed by atoms with Gasteiger partial charge in [0.05, 0.1) is 23.1 Å². The van der Waals surface area contributed by atoms with Gasteiger partial charge in [0.1, 0.15) is 5.75 Å². The molecule has 4 aliphatic rings. The predicted octanol–water partition coefficient (Wildman–Crippen LogP) is -1.68. The van der Waals surface area contributed by atoms with Gasteiger partial charge >= 0.3 is 0 Å². The molecule has 3 fully saturated rings. The van der Waals surface area contributed by atoms with Crippen molar-refractivity contribution in [1.82, 2.24) is 14.7 Å². The minimum atomic E-state index is -2.80. The van der Waals surface area contributed by atoms with Crippen LogP contribution in [0, 0.1) is 23.7 Å². The van der Waals surface area contributed by atoms with Crippen molar-refractivity contribution in [2.45, 2.75) is 24.5 Å². The zero-order valence-corrected chi connectivity index (χ0v) is 24.4. The summed E-state index contributed by atoms with van der Waals surface area (Å²) in [6.07, 6.45) is 0.0788. The van der Waals surface area contributed by atoms with E-state index in [-0.39, 0.29) is 24.0 Å². The number of benzene rings is 1. The maximum Gasteiger partial charge on any atom is 0.257 e. The highest BCUT2D eigenvalue weighted by atomic mass is 16.3. The van der Waals surface area contributed by atoms with Crippen molar-refractivity contribution in [3.05, 3.63) is 22.8 Å². The van der Waals surface area contributed by atoms with Crippen molar-refractivity contribution < 1.29 is 39.0 Å². The third-order valence-electron chi connectivity index (χ3n) is 9.54. The van der Waals surface area contributed by atoms with E-state index in [1.54, 1.807) is 30.0 Å². The van der Waals surface area contributed by atoms with Gasteiger partial charge < -0.3 is 30.6 Å². The van der Waals surface area contributed by atoms with Gasteiger partial charge in [0.25, 0.3) is 5.91 Å². The number of hydrogen-bond donors (Lipinski definition) is 3. The Morgan fingerprint density at radius 3 is 2.19 bits per heavy atom. The van der Waals surface area contributed by atoms with Crippen LogP contribution in [0.4, 0.5) is 5.69 Å². The van der Waals surface area contributed by atoms with Crippen molar-refractivity contribution in [1.29, 1.82) is 0 Å². The molecule has 0 spiro atoms. The number of hydrogen-bond acceptors (Lipinski definition) is 11. The normalized spacial score (nSPS) is 31.5. The van der Waals surface area contributed by atoms with E-state index >= 15 is 0 Å². The summed E-state index contributed by atoms with van der Waals surface area (Å²) in [5, 5.41) is 23.2.